The minimum absolute atomic E-state index is 0. The molecule has 1 aromatic heterocycles. The molecule has 1 aromatic rings. The van der Waals surface area contributed by atoms with E-state index in [1.807, 2.05) is 0 Å². The summed E-state index contributed by atoms with van der Waals surface area (Å²) in [7, 11) is -4.29. The van der Waals surface area contributed by atoms with Crippen LogP contribution in [0.4, 0.5) is 0 Å². The minimum atomic E-state index is -4.29. The third kappa shape index (κ3) is 2.96. The van der Waals surface area contributed by atoms with E-state index in [9.17, 15) is 8.42 Å². The monoisotopic (exact) mass is 218 g/mol. The van der Waals surface area contributed by atoms with E-state index < -0.39 is 15.0 Å². The van der Waals surface area contributed by atoms with Gasteiger partial charge in [-0.25, -0.2) is 9.97 Å². The molecule has 0 unspecified atom stereocenters. The molecule has 1 rings (SSSR count). The van der Waals surface area contributed by atoms with E-state index in [0.29, 0.717) is 0 Å². The van der Waals surface area contributed by atoms with Gasteiger partial charge in [-0.3, -0.25) is 4.55 Å². The second-order valence-corrected chi connectivity index (χ2v) is 3.40. The van der Waals surface area contributed by atoms with Crippen molar-refractivity contribution in [3.05, 3.63) is 17.7 Å². The SMILES string of the molecule is O=S(=O)(O)c1cncnc1Cl.[H-].[Na+]. The number of halogens is 1. The van der Waals surface area contributed by atoms with E-state index >= 15 is 0 Å². The van der Waals surface area contributed by atoms with Gasteiger partial charge in [0.25, 0.3) is 10.1 Å². The molecule has 8 heteroatoms. The van der Waals surface area contributed by atoms with Gasteiger partial charge in [0, 0.05) is 0 Å². The Labute approximate surface area is 97.7 Å². The summed E-state index contributed by atoms with van der Waals surface area (Å²) in [5, 5.41) is -0.289. The van der Waals surface area contributed by atoms with Gasteiger partial charge < -0.3 is 1.43 Å². The van der Waals surface area contributed by atoms with Gasteiger partial charge in [0.2, 0.25) is 0 Å². The van der Waals surface area contributed by atoms with Crippen LogP contribution in [0.5, 0.6) is 0 Å². The van der Waals surface area contributed by atoms with Crippen LogP contribution < -0.4 is 29.6 Å². The van der Waals surface area contributed by atoms with Crippen LogP contribution in [0, 0.1) is 0 Å². The molecular formula is C4H4ClN2NaO3S. The molecule has 62 valence electrons. The minimum Gasteiger partial charge on any atom is -1.00 e. The van der Waals surface area contributed by atoms with Gasteiger partial charge in [0.15, 0.2) is 5.15 Å². The number of nitrogens with zero attached hydrogens (tertiary/aromatic N) is 2. The molecule has 0 spiro atoms. The van der Waals surface area contributed by atoms with Crippen LogP contribution in [0.2, 0.25) is 5.15 Å². The van der Waals surface area contributed by atoms with E-state index in [1.165, 1.54) is 0 Å². The molecular weight excluding hydrogens is 215 g/mol. The summed E-state index contributed by atoms with van der Waals surface area (Å²) in [4.78, 5) is 6.25. The van der Waals surface area contributed by atoms with E-state index in [1.54, 1.807) is 0 Å². The zero-order valence-electron chi connectivity index (χ0n) is 7.10. The molecule has 0 aliphatic heterocycles. The third-order valence-electron chi connectivity index (χ3n) is 0.911. The third-order valence-corrected chi connectivity index (χ3v) is 2.18. The Bertz CT molecular complexity index is 373. The number of hydrogen-bond acceptors (Lipinski definition) is 4. The van der Waals surface area contributed by atoms with Crippen LogP contribution in [-0.4, -0.2) is 22.9 Å². The summed E-state index contributed by atoms with van der Waals surface area (Å²) in [6.07, 6.45) is 2.00. The van der Waals surface area contributed by atoms with Gasteiger partial charge in [-0.15, -0.1) is 0 Å². The fourth-order valence-electron chi connectivity index (χ4n) is 0.475. The molecule has 0 aliphatic rings. The number of hydrogen-bond donors (Lipinski definition) is 1. The predicted octanol–water partition coefficient (Wildman–Crippen LogP) is -2.51. The van der Waals surface area contributed by atoms with Gasteiger partial charge in [0.05, 0.1) is 6.20 Å². The first-order chi connectivity index (χ1) is 5.02. The van der Waals surface area contributed by atoms with Crippen LogP contribution in [0.15, 0.2) is 17.4 Å². The van der Waals surface area contributed by atoms with Crippen LogP contribution in [-0.2, 0) is 10.1 Å². The average molecular weight is 219 g/mol. The Kier molecular flexibility index (Phi) is 4.60. The maximum Gasteiger partial charge on any atom is 1.00 e. The Hall–Kier alpha value is 0.280. The molecule has 1 heterocycles. The smallest absolute Gasteiger partial charge is 1.00 e. The van der Waals surface area contributed by atoms with Crippen molar-refractivity contribution in [3.63, 3.8) is 0 Å². The first-order valence-corrected chi connectivity index (χ1v) is 4.26. The Morgan fingerprint density at radius 3 is 2.50 bits per heavy atom. The summed E-state index contributed by atoms with van der Waals surface area (Å²) < 4.78 is 29.4. The summed E-state index contributed by atoms with van der Waals surface area (Å²) in [5.41, 5.74) is 0. The Balaban J connectivity index is 0. The van der Waals surface area contributed by atoms with Crippen LogP contribution in [0.1, 0.15) is 1.43 Å². The van der Waals surface area contributed by atoms with E-state index in [0.717, 1.165) is 12.5 Å². The second kappa shape index (κ2) is 4.50. The molecule has 1 N–H and O–H groups in total. The second-order valence-electron chi connectivity index (χ2n) is 1.65. The summed E-state index contributed by atoms with van der Waals surface area (Å²) >= 11 is 5.32. The summed E-state index contributed by atoms with van der Waals surface area (Å²) in [6.45, 7) is 0. The van der Waals surface area contributed by atoms with Crippen molar-refractivity contribution >= 4 is 21.7 Å². The van der Waals surface area contributed by atoms with Gasteiger partial charge in [-0.2, -0.15) is 8.42 Å². The predicted molar refractivity (Wildman–Crippen MR) is 38.0 cm³/mol. The summed E-state index contributed by atoms with van der Waals surface area (Å²) in [5.74, 6) is 0. The number of aromatic nitrogens is 2. The molecule has 0 amide bonds. The molecule has 0 saturated heterocycles. The maximum absolute atomic E-state index is 10.4. The normalized spacial score (nSPS) is 10.5. The molecule has 0 saturated carbocycles. The van der Waals surface area contributed by atoms with E-state index in [4.69, 9.17) is 16.2 Å². The van der Waals surface area contributed by atoms with Crippen molar-refractivity contribution in [2.45, 2.75) is 4.90 Å². The fraction of sp³-hybridized carbons (Fsp3) is 0. The first kappa shape index (κ1) is 12.3. The molecule has 12 heavy (non-hydrogen) atoms. The van der Waals surface area contributed by atoms with Crippen molar-refractivity contribution in [1.29, 1.82) is 0 Å². The van der Waals surface area contributed by atoms with Crippen molar-refractivity contribution in [3.8, 4) is 0 Å². The van der Waals surface area contributed by atoms with Crippen LogP contribution >= 0.6 is 11.6 Å². The van der Waals surface area contributed by atoms with E-state index in [2.05, 4.69) is 9.97 Å². The molecule has 0 fully saturated rings. The van der Waals surface area contributed by atoms with Crippen molar-refractivity contribution < 1.29 is 44.0 Å². The Morgan fingerprint density at radius 1 is 1.58 bits per heavy atom. The molecule has 5 nitrogen and oxygen atoms in total. The molecule has 0 bridgehead atoms. The Morgan fingerprint density at radius 2 is 2.17 bits per heavy atom. The quantitative estimate of drug-likeness (QED) is 0.320. The molecule has 0 atom stereocenters. The van der Waals surface area contributed by atoms with Crippen LogP contribution in [0.3, 0.4) is 0 Å². The number of rotatable bonds is 1. The van der Waals surface area contributed by atoms with Crippen molar-refractivity contribution in [2.24, 2.45) is 0 Å². The largest absolute Gasteiger partial charge is 1.00 e. The van der Waals surface area contributed by atoms with Gasteiger partial charge in [-0.05, 0) is 0 Å². The van der Waals surface area contributed by atoms with E-state index in [-0.39, 0.29) is 36.1 Å². The average Bonchev–Trinajstić information content (AvgIpc) is 1.86. The standard InChI is InChI=1S/C4H3ClN2O3S.Na.H/c5-4-3(11(8,9)10)1-6-2-7-4;;/h1-2H,(H,8,9,10);;/q;+1;-1. The topological polar surface area (TPSA) is 80.2 Å². The van der Waals surface area contributed by atoms with Crippen molar-refractivity contribution in [2.75, 3.05) is 0 Å². The maximum atomic E-state index is 10.4. The van der Waals surface area contributed by atoms with Gasteiger partial charge in [-0.1, -0.05) is 11.6 Å². The van der Waals surface area contributed by atoms with Crippen molar-refractivity contribution in [1.82, 2.24) is 9.97 Å². The zero-order valence-corrected chi connectivity index (χ0v) is 9.67. The molecule has 0 aliphatic carbocycles. The fourth-order valence-corrected chi connectivity index (χ4v) is 1.32. The molecule has 0 radical (unpaired) electrons. The zero-order chi connectivity index (χ0) is 8.48. The summed E-state index contributed by atoms with van der Waals surface area (Å²) in [6, 6.07) is 0. The van der Waals surface area contributed by atoms with Gasteiger partial charge >= 0.3 is 29.6 Å². The van der Waals surface area contributed by atoms with Gasteiger partial charge in [0.1, 0.15) is 11.2 Å². The van der Waals surface area contributed by atoms with Crippen LogP contribution in [0.25, 0.3) is 0 Å². The first-order valence-electron chi connectivity index (χ1n) is 2.45. The molecule has 0 aromatic carbocycles.